The Balaban J connectivity index is 2.59. The summed E-state index contributed by atoms with van der Waals surface area (Å²) in [6.07, 6.45) is 0. The molecule has 16 heavy (non-hydrogen) atoms. The second kappa shape index (κ2) is 5.54. The van der Waals surface area contributed by atoms with Crippen LogP contribution in [0.15, 0.2) is 22.7 Å². The first-order chi connectivity index (χ1) is 7.44. The zero-order valence-electron chi connectivity index (χ0n) is 8.94. The third-order valence-corrected chi connectivity index (χ3v) is 4.37. The molecule has 0 heterocycles. The third kappa shape index (κ3) is 4.02. The Morgan fingerprint density at radius 3 is 2.75 bits per heavy atom. The Bertz CT molecular complexity index is 459. The lowest BCUT2D eigenvalue weighted by Crippen LogP contribution is -2.15. The Morgan fingerprint density at radius 1 is 1.44 bits per heavy atom. The average molecular weight is 308 g/mol. The summed E-state index contributed by atoms with van der Waals surface area (Å²) in [6.45, 7) is 1.75. The van der Waals surface area contributed by atoms with E-state index in [0.29, 0.717) is 11.4 Å². The molecule has 6 heteroatoms. The normalized spacial score (nSPS) is 11.4. The highest BCUT2D eigenvalue weighted by Gasteiger charge is 2.08. The number of sulfone groups is 1. The van der Waals surface area contributed by atoms with Gasteiger partial charge < -0.3 is 10.5 Å². The summed E-state index contributed by atoms with van der Waals surface area (Å²) in [5.74, 6) is 0.713. The predicted molar refractivity (Wildman–Crippen MR) is 68.4 cm³/mol. The summed E-state index contributed by atoms with van der Waals surface area (Å²) in [6, 6.07) is 5.15. The van der Waals surface area contributed by atoms with Gasteiger partial charge in [0.05, 0.1) is 10.2 Å². The number of ether oxygens (including phenoxy) is 1. The molecule has 1 aromatic rings. The van der Waals surface area contributed by atoms with Crippen LogP contribution in [0.5, 0.6) is 5.75 Å². The maximum Gasteiger partial charge on any atom is 0.153 e. The van der Waals surface area contributed by atoms with Crippen LogP contribution in [0.3, 0.4) is 0 Å². The highest BCUT2D eigenvalue weighted by Crippen LogP contribution is 2.26. The average Bonchev–Trinajstić information content (AvgIpc) is 2.23. The van der Waals surface area contributed by atoms with E-state index in [1.165, 1.54) is 0 Å². The van der Waals surface area contributed by atoms with Gasteiger partial charge in [-0.2, -0.15) is 0 Å². The maximum atomic E-state index is 11.2. The Kier molecular flexibility index (Phi) is 4.61. The smallest absolute Gasteiger partial charge is 0.153 e. The zero-order valence-corrected chi connectivity index (χ0v) is 11.3. The molecule has 90 valence electrons. The van der Waals surface area contributed by atoms with Crippen molar-refractivity contribution in [1.82, 2.24) is 0 Å². The molecular formula is C10H14BrNO3S. The Hall–Kier alpha value is -0.750. The third-order valence-electron chi connectivity index (χ3n) is 2.05. The monoisotopic (exact) mass is 307 g/mol. The van der Waals surface area contributed by atoms with Crippen molar-refractivity contribution in [2.75, 3.05) is 23.8 Å². The van der Waals surface area contributed by atoms with Crippen molar-refractivity contribution in [3.05, 3.63) is 22.7 Å². The highest BCUT2D eigenvalue weighted by atomic mass is 79.9. The number of nitrogens with two attached hydrogens (primary N) is 1. The lowest BCUT2D eigenvalue weighted by atomic mass is 10.3. The number of benzene rings is 1. The first-order valence-corrected chi connectivity index (χ1v) is 7.44. The van der Waals surface area contributed by atoms with Crippen molar-refractivity contribution < 1.29 is 13.2 Å². The lowest BCUT2D eigenvalue weighted by molar-refractivity contribution is 0.339. The molecule has 1 aromatic carbocycles. The van der Waals surface area contributed by atoms with Gasteiger partial charge in [-0.15, -0.1) is 0 Å². The summed E-state index contributed by atoms with van der Waals surface area (Å²) >= 11 is 3.30. The van der Waals surface area contributed by atoms with E-state index in [9.17, 15) is 8.42 Å². The zero-order chi connectivity index (χ0) is 12.2. The van der Waals surface area contributed by atoms with Crippen molar-refractivity contribution in [3.8, 4) is 5.75 Å². The van der Waals surface area contributed by atoms with Crippen LogP contribution in [0, 0.1) is 0 Å². The van der Waals surface area contributed by atoms with Crippen LogP contribution < -0.4 is 10.5 Å². The van der Waals surface area contributed by atoms with E-state index < -0.39 is 9.84 Å². The second-order valence-corrected chi connectivity index (χ2v) is 6.60. The number of hydrogen-bond acceptors (Lipinski definition) is 4. The van der Waals surface area contributed by atoms with Gasteiger partial charge >= 0.3 is 0 Å². The topological polar surface area (TPSA) is 69.4 Å². The molecule has 0 fully saturated rings. The number of anilines is 1. The molecule has 0 radical (unpaired) electrons. The largest absolute Gasteiger partial charge is 0.491 e. The van der Waals surface area contributed by atoms with E-state index in [-0.39, 0.29) is 18.1 Å². The summed E-state index contributed by atoms with van der Waals surface area (Å²) in [5, 5.41) is 0. The Morgan fingerprint density at radius 2 is 2.12 bits per heavy atom. The van der Waals surface area contributed by atoms with Crippen molar-refractivity contribution in [3.63, 3.8) is 0 Å². The van der Waals surface area contributed by atoms with Crippen LogP contribution in [0.1, 0.15) is 6.92 Å². The number of hydrogen-bond donors (Lipinski definition) is 1. The van der Waals surface area contributed by atoms with E-state index in [4.69, 9.17) is 10.5 Å². The standard InChI is InChI=1S/C10H14BrNO3S/c1-2-16(13,14)6-5-15-10-7-8(12)3-4-9(10)11/h3-4,7H,2,5-6,12H2,1H3. The van der Waals surface area contributed by atoms with Crippen molar-refractivity contribution in [2.24, 2.45) is 0 Å². The van der Waals surface area contributed by atoms with E-state index >= 15 is 0 Å². The van der Waals surface area contributed by atoms with Gasteiger partial charge in [0.15, 0.2) is 9.84 Å². The molecule has 2 N–H and O–H groups in total. The fraction of sp³-hybridized carbons (Fsp3) is 0.400. The first-order valence-electron chi connectivity index (χ1n) is 4.83. The van der Waals surface area contributed by atoms with E-state index in [2.05, 4.69) is 15.9 Å². The van der Waals surface area contributed by atoms with E-state index in [0.717, 1.165) is 4.47 Å². The van der Waals surface area contributed by atoms with E-state index in [1.54, 1.807) is 25.1 Å². The summed E-state index contributed by atoms with van der Waals surface area (Å²) in [7, 11) is -2.98. The minimum atomic E-state index is -2.98. The summed E-state index contributed by atoms with van der Waals surface area (Å²) < 4.78 is 28.6. The van der Waals surface area contributed by atoms with Crippen molar-refractivity contribution in [1.29, 1.82) is 0 Å². The quantitative estimate of drug-likeness (QED) is 0.843. The molecule has 0 aromatic heterocycles. The SMILES string of the molecule is CCS(=O)(=O)CCOc1cc(N)ccc1Br. The first kappa shape index (κ1) is 13.3. The fourth-order valence-corrected chi connectivity index (χ4v) is 2.04. The predicted octanol–water partition coefficient (Wildman–Crippen LogP) is 1.84. The van der Waals surface area contributed by atoms with Crippen LogP contribution in [-0.2, 0) is 9.84 Å². The minimum Gasteiger partial charge on any atom is -0.491 e. The number of nitrogen functional groups attached to an aromatic ring is 1. The fourth-order valence-electron chi connectivity index (χ4n) is 1.05. The molecular weight excluding hydrogens is 294 g/mol. The van der Waals surface area contributed by atoms with Crippen LogP contribution in [-0.4, -0.2) is 26.5 Å². The molecule has 0 amide bonds. The molecule has 1 rings (SSSR count). The molecule has 0 saturated heterocycles. The molecule has 0 aliphatic carbocycles. The molecule has 0 spiro atoms. The lowest BCUT2D eigenvalue weighted by Gasteiger charge is -2.08. The molecule has 0 bridgehead atoms. The van der Waals surface area contributed by atoms with Crippen molar-refractivity contribution >= 4 is 31.5 Å². The van der Waals surface area contributed by atoms with E-state index in [1.807, 2.05) is 0 Å². The molecule has 0 aliphatic rings. The molecule has 0 atom stereocenters. The molecule has 0 unspecified atom stereocenters. The number of halogens is 1. The van der Waals surface area contributed by atoms with Gasteiger partial charge in [-0.05, 0) is 28.1 Å². The van der Waals surface area contributed by atoms with Gasteiger partial charge in [0.1, 0.15) is 12.4 Å². The van der Waals surface area contributed by atoms with Crippen LogP contribution in [0.4, 0.5) is 5.69 Å². The molecule has 4 nitrogen and oxygen atoms in total. The van der Waals surface area contributed by atoms with Gasteiger partial charge in [0.2, 0.25) is 0 Å². The second-order valence-electron chi connectivity index (χ2n) is 3.27. The number of rotatable bonds is 5. The van der Waals surface area contributed by atoms with Gasteiger partial charge in [-0.3, -0.25) is 0 Å². The van der Waals surface area contributed by atoms with Gasteiger partial charge in [0, 0.05) is 17.5 Å². The van der Waals surface area contributed by atoms with Crippen molar-refractivity contribution in [2.45, 2.75) is 6.92 Å². The minimum absolute atomic E-state index is 0.0186. The van der Waals surface area contributed by atoms with Crippen LogP contribution in [0.2, 0.25) is 0 Å². The van der Waals surface area contributed by atoms with Gasteiger partial charge in [-0.1, -0.05) is 6.92 Å². The Labute approximate surface area is 104 Å². The summed E-state index contributed by atoms with van der Waals surface area (Å²) in [4.78, 5) is 0. The molecule has 0 aliphatic heterocycles. The highest BCUT2D eigenvalue weighted by molar-refractivity contribution is 9.10. The van der Waals surface area contributed by atoms with Crippen LogP contribution in [0.25, 0.3) is 0 Å². The molecule has 0 saturated carbocycles. The summed E-state index contributed by atoms with van der Waals surface area (Å²) in [5.41, 5.74) is 6.17. The van der Waals surface area contributed by atoms with Gasteiger partial charge in [0.25, 0.3) is 0 Å². The maximum absolute atomic E-state index is 11.2. The van der Waals surface area contributed by atoms with Crippen LogP contribution >= 0.6 is 15.9 Å². The van der Waals surface area contributed by atoms with Gasteiger partial charge in [-0.25, -0.2) is 8.42 Å².